The van der Waals surface area contributed by atoms with Gasteiger partial charge in [-0.2, -0.15) is 9.90 Å². The first-order valence-corrected chi connectivity index (χ1v) is 9.24. The van der Waals surface area contributed by atoms with E-state index in [1.54, 1.807) is 19.4 Å². The summed E-state index contributed by atoms with van der Waals surface area (Å²) < 4.78 is 0. The maximum atomic E-state index is 5.79. The van der Waals surface area contributed by atoms with Gasteiger partial charge in [-0.1, -0.05) is 18.2 Å². The van der Waals surface area contributed by atoms with Gasteiger partial charge in [0.15, 0.2) is 0 Å². The number of H-pyrrole nitrogens is 1. The predicted molar refractivity (Wildman–Crippen MR) is 115 cm³/mol. The molecule has 0 unspecified atom stereocenters. The molecule has 9 nitrogen and oxygen atoms in total. The molecule has 9 heteroatoms. The number of nitrogens with one attached hydrogen (secondary N) is 1. The van der Waals surface area contributed by atoms with Crippen LogP contribution < -0.4 is 5.73 Å². The molecule has 3 N–H and O–H groups in total. The molecule has 0 saturated heterocycles. The van der Waals surface area contributed by atoms with E-state index in [1.165, 1.54) is 4.80 Å². The van der Waals surface area contributed by atoms with Gasteiger partial charge < -0.3 is 5.73 Å². The molecule has 4 aromatic heterocycles. The van der Waals surface area contributed by atoms with E-state index in [2.05, 4.69) is 41.6 Å². The number of nitrogens with zero attached hydrogens (tertiary/aromatic N) is 7. The highest BCUT2D eigenvalue weighted by atomic mass is 15.6. The Labute approximate surface area is 171 Å². The number of nitrogen functional groups attached to an aromatic ring is 1. The first-order chi connectivity index (χ1) is 14.7. The van der Waals surface area contributed by atoms with Crippen LogP contribution in [-0.2, 0) is 7.05 Å². The molecule has 0 spiro atoms. The van der Waals surface area contributed by atoms with E-state index in [0.717, 1.165) is 33.3 Å². The average Bonchev–Trinajstić information content (AvgIpc) is 3.38. The molecule has 0 saturated carbocycles. The summed E-state index contributed by atoms with van der Waals surface area (Å²) in [6, 6.07) is 13.8. The van der Waals surface area contributed by atoms with E-state index in [9.17, 15) is 0 Å². The Morgan fingerprint density at radius 1 is 1.00 bits per heavy atom. The van der Waals surface area contributed by atoms with Crippen molar-refractivity contribution in [1.82, 2.24) is 40.4 Å². The summed E-state index contributed by atoms with van der Waals surface area (Å²) in [5.41, 5.74) is 11.3. The monoisotopic (exact) mass is 395 g/mol. The molecule has 0 fully saturated rings. The SMILES string of the molecule is Cn1nnc(-c2ccc(C=Cc3n[nH]c4cc(-c5ccnc(N)c5)ccc34)cn2)n1. The minimum Gasteiger partial charge on any atom is -0.384 e. The first-order valence-electron chi connectivity index (χ1n) is 9.24. The van der Waals surface area contributed by atoms with Crippen molar-refractivity contribution in [3.63, 3.8) is 0 Å². The predicted octanol–water partition coefficient (Wildman–Crippen LogP) is 2.96. The van der Waals surface area contributed by atoms with Crippen LogP contribution in [0, 0.1) is 0 Å². The van der Waals surface area contributed by atoms with Crippen LogP contribution in [-0.4, -0.2) is 40.4 Å². The average molecular weight is 395 g/mol. The van der Waals surface area contributed by atoms with Crippen LogP contribution in [0.4, 0.5) is 5.82 Å². The molecule has 5 rings (SSSR count). The zero-order chi connectivity index (χ0) is 20.5. The lowest BCUT2D eigenvalue weighted by Gasteiger charge is -2.02. The Hall–Kier alpha value is -4.40. The van der Waals surface area contributed by atoms with E-state index in [1.807, 2.05) is 48.6 Å². The fraction of sp³-hybridized carbons (Fsp3) is 0.0476. The van der Waals surface area contributed by atoms with E-state index < -0.39 is 0 Å². The molecule has 146 valence electrons. The first kappa shape index (κ1) is 17.7. The smallest absolute Gasteiger partial charge is 0.223 e. The van der Waals surface area contributed by atoms with Gasteiger partial charge in [-0.25, -0.2) is 4.98 Å². The Morgan fingerprint density at radius 2 is 1.90 bits per heavy atom. The number of fused-ring (bicyclic) bond motifs is 1. The minimum atomic E-state index is 0.496. The van der Waals surface area contributed by atoms with Gasteiger partial charge in [-0.05, 0) is 58.3 Å². The number of tetrazole rings is 1. The normalized spacial score (nSPS) is 11.5. The quantitative estimate of drug-likeness (QED) is 0.479. The lowest BCUT2D eigenvalue weighted by atomic mass is 10.0. The van der Waals surface area contributed by atoms with Gasteiger partial charge >= 0.3 is 0 Å². The second kappa shape index (κ2) is 7.21. The molecule has 0 radical (unpaired) electrons. The third kappa shape index (κ3) is 3.39. The van der Waals surface area contributed by atoms with Gasteiger partial charge in [-0.15, -0.1) is 10.2 Å². The van der Waals surface area contributed by atoms with Crippen molar-refractivity contribution in [3.8, 4) is 22.6 Å². The van der Waals surface area contributed by atoms with Gasteiger partial charge in [0, 0.05) is 17.8 Å². The number of rotatable bonds is 4. The summed E-state index contributed by atoms with van der Waals surface area (Å²) in [5, 5.41) is 20.5. The molecule has 0 aliphatic carbocycles. The number of hydrogen-bond donors (Lipinski definition) is 2. The summed E-state index contributed by atoms with van der Waals surface area (Å²) in [7, 11) is 1.72. The minimum absolute atomic E-state index is 0.496. The lowest BCUT2D eigenvalue weighted by Crippen LogP contribution is -1.92. The fourth-order valence-electron chi connectivity index (χ4n) is 3.17. The van der Waals surface area contributed by atoms with Gasteiger partial charge in [0.05, 0.1) is 18.3 Å². The van der Waals surface area contributed by atoms with Crippen molar-refractivity contribution in [2.45, 2.75) is 0 Å². The van der Waals surface area contributed by atoms with Gasteiger partial charge in [0.1, 0.15) is 11.5 Å². The number of hydrogen-bond acceptors (Lipinski definition) is 7. The van der Waals surface area contributed by atoms with E-state index in [0.29, 0.717) is 17.3 Å². The number of aryl methyl sites for hydroxylation is 1. The topological polar surface area (TPSA) is 124 Å². The standard InChI is InChI=1S/C21H17N9/c1-30-28-21(27-29-30)18-7-3-13(12-24-18)2-6-17-16-5-4-14(10-19(16)26-25-17)15-8-9-23-20(22)11-15/h2-12H,1H3,(H2,22,23)(H,25,26). The number of aromatic amines is 1. The maximum Gasteiger partial charge on any atom is 0.223 e. The molecule has 0 aliphatic rings. The molecule has 0 aliphatic heterocycles. The summed E-state index contributed by atoms with van der Waals surface area (Å²) in [4.78, 5) is 9.85. The molecule has 1 aromatic carbocycles. The van der Waals surface area contributed by atoms with Gasteiger partial charge in [-0.3, -0.25) is 10.1 Å². The second-order valence-corrected chi connectivity index (χ2v) is 6.75. The van der Waals surface area contributed by atoms with Crippen LogP contribution >= 0.6 is 0 Å². The summed E-state index contributed by atoms with van der Waals surface area (Å²) in [5.74, 6) is 0.994. The Morgan fingerprint density at radius 3 is 2.67 bits per heavy atom. The number of benzene rings is 1. The highest BCUT2D eigenvalue weighted by Gasteiger charge is 2.07. The summed E-state index contributed by atoms with van der Waals surface area (Å²) in [6.45, 7) is 0. The van der Waals surface area contributed by atoms with E-state index >= 15 is 0 Å². The number of pyridine rings is 2. The van der Waals surface area contributed by atoms with E-state index in [4.69, 9.17) is 5.73 Å². The third-order valence-electron chi connectivity index (χ3n) is 4.66. The molecular formula is C21H17N9. The van der Waals surface area contributed by atoms with Crippen molar-refractivity contribution in [2.24, 2.45) is 7.05 Å². The molecule has 4 heterocycles. The largest absolute Gasteiger partial charge is 0.384 e. The molecule has 0 amide bonds. The van der Waals surface area contributed by atoms with Crippen LogP contribution in [0.3, 0.4) is 0 Å². The van der Waals surface area contributed by atoms with Crippen molar-refractivity contribution in [1.29, 1.82) is 0 Å². The van der Waals surface area contributed by atoms with Crippen LogP contribution in [0.25, 0.3) is 45.7 Å². The van der Waals surface area contributed by atoms with Crippen molar-refractivity contribution < 1.29 is 0 Å². The van der Waals surface area contributed by atoms with Crippen molar-refractivity contribution in [3.05, 3.63) is 66.1 Å². The van der Waals surface area contributed by atoms with Crippen LogP contribution in [0.15, 0.2) is 54.9 Å². The summed E-state index contributed by atoms with van der Waals surface area (Å²) in [6.07, 6.45) is 7.40. The van der Waals surface area contributed by atoms with Crippen molar-refractivity contribution >= 4 is 28.9 Å². The Kier molecular flexibility index (Phi) is 4.25. The van der Waals surface area contributed by atoms with Crippen LogP contribution in [0.2, 0.25) is 0 Å². The third-order valence-corrected chi connectivity index (χ3v) is 4.66. The number of anilines is 1. The lowest BCUT2D eigenvalue weighted by molar-refractivity contribution is 0.630. The van der Waals surface area contributed by atoms with Crippen LogP contribution in [0.1, 0.15) is 11.3 Å². The number of aromatic nitrogens is 8. The Bertz CT molecular complexity index is 1360. The molecule has 0 atom stereocenters. The fourth-order valence-corrected chi connectivity index (χ4v) is 3.17. The maximum absolute atomic E-state index is 5.79. The highest BCUT2D eigenvalue weighted by molar-refractivity contribution is 5.92. The van der Waals surface area contributed by atoms with E-state index in [-0.39, 0.29) is 0 Å². The summed E-state index contributed by atoms with van der Waals surface area (Å²) >= 11 is 0. The molecule has 5 aromatic rings. The van der Waals surface area contributed by atoms with Crippen LogP contribution in [0.5, 0.6) is 0 Å². The molecule has 30 heavy (non-hydrogen) atoms. The van der Waals surface area contributed by atoms with Gasteiger partial charge in [0.2, 0.25) is 5.82 Å². The number of nitrogens with two attached hydrogens (primary N) is 1. The molecular weight excluding hydrogens is 378 g/mol. The zero-order valence-electron chi connectivity index (χ0n) is 16.1. The Balaban J connectivity index is 1.39. The zero-order valence-corrected chi connectivity index (χ0v) is 16.1. The van der Waals surface area contributed by atoms with Crippen molar-refractivity contribution in [2.75, 3.05) is 5.73 Å². The molecule has 0 bridgehead atoms. The van der Waals surface area contributed by atoms with Gasteiger partial charge in [0.25, 0.3) is 0 Å². The second-order valence-electron chi connectivity index (χ2n) is 6.75. The highest BCUT2D eigenvalue weighted by Crippen LogP contribution is 2.26.